The molecule has 1 aromatic carbocycles. The zero-order valence-corrected chi connectivity index (χ0v) is 14.2. The summed E-state index contributed by atoms with van der Waals surface area (Å²) in [5, 5.41) is 3.75. The topological polar surface area (TPSA) is 41.1 Å². The van der Waals surface area contributed by atoms with Gasteiger partial charge in [0.05, 0.1) is 0 Å². The van der Waals surface area contributed by atoms with Crippen LogP contribution in [-0.4, -0.2) is 34.0 Å². The van der Waals surface area contributed by atoms with Crippen molar-refractivity contribution in [2.45, 2.75) is 31.6 Å². The second kappa shape index (κ2) is 7.58. The van der Waals surface area contributed by atoms with Crippen LogP contribution in [0.4, 0.5) is 19.1 Å². The van der Waals surface area contributed by atoms with Gasteiger partial charge in [0.2, 0.25) is 5.95 Å². The molecule has 1 aliphatic heterocycles. The highest BCUT2D eigenvalue weighted by Crippen LogP contribution is 2.28. The highest BCUT2D eigenvalue weighted by atomic mass is 35.5. The van der Waals surface area contributed by atoms with Gasteiger partial charge in [0, 0.05) is 30.4 Å². The summed E-state index contributed by atoms with van der Waals surface area (Å²) in [7, 11) is 0. The van der Waals surface area contributed by atoms with Crippen molar-refractivity contribution >= 4 is 17.5 Å². The van der Waals surface area contributed by atoms with Crippen molar-refractivity contribution in [3.63, 3.8) is 0 Å². The van der Waals surface area contributed by atoms with Crippen LogP contribution in [0.1, 0.15) is 24.1 Å². The van der Waals surface area contributed by atoms with Gasteiger partial charge in [-0.05, 0) is 37.1 Å². The Bertz CT molecular complexity index is 723. The number of likely N-dealkylation sites (tertiary alicyclic amines) is 1. The first-order valence-corrected chi connectivity index (χ1v) is 8.42. The Kier molecular flexibility index (Phi) is 5.44. The van der Waals surface area contributed by atoms with E-state index in [1.54, 1.807) is 0 Å². The number of aromatic nitrogens is 2. The Balaban J connectivity index is 1.63. The van der Waals surface area contributed by atoms with Gasteiger partial charge in [-0.15, -0.1) is 0 Å². The normalized spacial score (nSPS) is 19.0. The summed E-state index contributed by atoms with van der Waals surface area (Å²) in [4.78, 5) is 9.71. The van der Waals surface area contributed by atoms with E-state index in [-0.39, 0.29) is 12.0 Å². The Morgan fingerprint density at radius 1 is 1.24 bits per heavy atom. The lowest BCUT2D eigenvalue weighted by Gasteiger charge is -2.33. The van der Waals surface area contributed by atoms with Gasteiger partial charge in [-0.25, -0.2) is 9.97 Å². The van der Waals surface area contributed by atoms with E-state index >= 15 is 0 Å². The molecule has 1 aliphatic rings. The molecule has 0 amide bonds. The third-order valence-corrected chi connectivity index (χ3v) is 4.51. The number of anilines is 1. The zero-order chi connectivity index (χ0) is 17.9. The molecule has 3 rings (SSSR count). The first kappa shape index (κ1) is 17.9. The number of hydrogen-bond donors (Lipinski definition) is 1. The Labute approximate surface area is 149 Å². The average molecular weight is 371 g/mol. The predicted octanol–water partition coefficient (Wildman–Crippen LogP) is 4.23. The summed E-state index contributed by atoms with van der Waals surface area (Å²) in [6.45, 7) is 2.33. The van der Waals surface area contributed by atoms with Crippen LogP contribution in [0.5, 0.6) is 0 Å². The molecule has 25 heavy (non-hydrogen) atoms. The minimum Gasteiger partial charge on any atom is -0.350 e. The van der Waals surface area contributed by atoms with Crippen molar-refractivity contribution in [1.29, 1.82) is 0 Å². The summed E-state index contributed by atoms with van der Waals surface area (Å²) in [6, 6.07) is 8.53. The van der Waals surface area contributed by atoms with E-state index in [1.807, 2.05) is 24.3 Å². The van der Waals surface area contributed by atoms with E-state index < -0.39 is 11.9 Å². The van der Waals surface area contributed by atoms with Gasteiger partial charge < -0.3 is 5.32 Å². The summed E-state index contributed by atoms with van der Waals surface area (Å²) in [5.74, 6) is 0.0134. The molecule has 4 nitrogen and oxygen atoms in total. The molecule has 0 spiro atoms. The Hall–Kier alpha value is -1.86. The van der Waals surface area contributed by atoms with Crippen LogP contribution < -0.4 is 5.32 Å². The first-order chi connectivity index (χ1) is 11.9. The minimum absolute atomic E-state index is 0.000258. The number of benzene rings is 1. The van der Waals surface area contributed by atoms with Crippen molar-refractivity contribution in [2.75, 3.05) is 18.4 Å². The van der Waals surface area contributed by atoms with Crippen molar-refractivity contribution in [2.24, 2.45) is 0 Å². The summed E-state index contributed by atoms with van der Waals surface area (Å²) >= 11 is 6.20. The van der Waals surface area contributed by atoms with Crippen LogP contribution >= 0.6 is 11.6 Å². The molecule has 2 heterocycles. The molecule has 0 saturated carbocycles. The highest BCUT2D eigenvalue weighted by Gasteiger charge is 2.33. The second-order valence-electron chi connectivity index (χ2n) is 6.07. The largest absolute Gasteiger partial charge is 0.433 e. The summed E-state index contributed by atoms with van der Waals surface area (Å²) in [6.07, 6.45) is -1.54. The van der Waals surface area contributed by atoms with E-state index in [1.165, 1.54) is 0 Å². The molecule has 2 aromatic rings. The third kappa shape index (κ3) is 4.83. The van der Waals surface area contributed by atoms with Crippen molar-refractivity contribution in [1.82, 2.24) is 14.9 Å². The van der Waals surface area contributed by atoms with Crippen LogP contribution in [0.15, 0.2) is 36.5 Å². The molecule has 134 valence electrons. The van der Waals surface area contributed by atoms with Crippen LogP contribution in [0.2, 0.25) is 5.02 Å². The SMILES string of the molecule is FC(F)(F)c1ccnc(NC2CCCN(Cc3ccccc3Cl)C2)n1. The highest BCUT2D eigenvalue weighted by molar-refractivity contribution is 6.31. The standard InChI is InChI=1S/C17H18ClF3N4/c18-14-6-2-1-4-12(14)10-25-9-3-5-13(11-25)23-16-22-8-7-15(24-16)17(19,20)21/h1-2,4,6-8,13H,3,5,9-11H2,(H,22,23,24). The van der Waals surface area contributed by atoms with Gasteiger partial charge in [0.15, 0.2) is 0 Å². The number of nitrogens with zero attached hydrogens (tertiary/aromatic N) is 3. The van der Waals surface area contributed by atoms with Gasteiger partial charge in [0.25, 0.3) is 0 Å². The van der Waals surface area contributed by atoms with Gasteiger partial charge in [0.1, 0.15) is 5.69 Å². The summed E-state index contributed by atoms with van der Waals surface area (Å²) in [5.41, 5.74) is 0.105. The third-order valence-electron chi connectivity index (χ3n) is 4.14. The Morgan fingerprint density at radius 3 is 2.80 bits per heavy atom. The maximum Gasteiger partial charge on any atom is 0.433 e. The van der Waals surface area contributed by atoms with E-state index in [9.17, 15) is 13.2 Å². The molecule has 0 aliphatic carbocycles. The van der Waals surface area contributed by atoms with Crippen molar-refractivity contribution < 1.29 is 13.2 Å². The number of rotatable bonds is 4. The van der Waals surface area contributed by atoms with E-state index in [2.05, 4.69) is 20.2 Å². The minimum atomic E-state index is -4.47. The quantitative estimate of drug-likeness (QED) is 0.874. The monoisotopic (exact) mass is 370 g/mol. The number of alkyl halides is 3. The lowest BCUT2D eigenvalue weighted by atomic mass is 10.0. The molecule has 1 N–H and O–H groups in total. The fourth-order valence-electron chi connectivity index (χ4n) is 2.95. The predicted molar refractivity (Wildman–Crippen MR) is 90.4 cm³/mol. The average Bonchev–Trinajstić information content (AvgIpc) is 2.57. The van der Waals surface area contributed by atoms with E-state index in [4.69, 9.17) is 11.6 Å². The number of piperidine rings is 1. The van der Waals surface area contributed by atoms with Crippen molar-refractivity contribution in [3.05, 3.63) is 52.8 Å². The fourth-order valence-corrected chi connectivity index (χ4v) is 3.15. The molecular formula is C17H18ClF3N4. The molecule has 0 radical (unpaired) electrons. The van der Waals surface area contributed by atoms with Crippen molar-refractivity contribution in [3.8, 4) is 0 Å². The lowest BCUT2D eigenvalue weighted by molar-refractivity contribution is -0.141. The van der Waals surface area contributed by atoms with Gasteiger partial charge in [-0.3, -0.25) is 4.90 Å². The molecule has 1 saturated heterocycles. The van der Waals surface area contributed by atoms with Crippen LogP contribution in [-0.2, 0) is 12.7 Å². The molecular weight excluding hydrogens is 353 g/mol. The number of hydrogen-bond acceptors (Lipinski definition) is 4. The fraction of sp³-hybridized carbons (Fsp3) is 0.412. The molecule has 1 fully saturated rings. The maximum absolute atomic E-state index is 12.7. The molecule has 8 heteroatoms. The molecule has 0 bridgehead atoms. The molecule has 1 atom stereocenters. The Morgan fingerprint density at radius 2 is 2.04 bits per heavy atom. The van der Waals surface area contributed by atoms with Gasteiger partial charge in [-0.2, -0.15) is 13.2 Å². The smallest absolute Gasteiger partial charge is 0.350 e. The van der Waals surface area contributed by atoms with Gasteiger partial charge in [-0.1, -0.05) is 29.8 Å². The van der Waals surface area contributed by atoms with Crippen LogP contribution in [0.25, 0.3) is 0 Å². The first-order valence-electron chi connectivity index (χ1n) is 8.04. The number of halogens is 4. The summed E-state index contributed by atoms with van der Waals surface area (Å²) < 4.78 is 38.2. The molecule has 1 aromatic heterocycles. The lowest BCUT2D eigenvalue weighted by Crippen LogP contribution is -2.42. The second-order valence-corrected chi connectivity index (χ2v) is 6.48. The van der Waals surface area contributed by atoms with E-state index in [0.717, 1.165) is 42.2 Å². The van der Waals surface area contributed by atoms with Gasteiger partial charge >= 0.3 is 6.18 Å². The maximum atomic E-state index is 12.7. The molecule has 1 unspecified atom stereocenters. The van der Waals surface area contributed by atoms with E-state index in [0.29, 0.717) is 13.1 Å². The number of nitrogens with one attached hydrogen (secondary N) is 1. The van der Waals surface area contributed by atoms with Crippen LogP contribution in [0, 0.1) is 0 Å². The zero-order valence-electron chi connectivity index (χ0n) is 13.4. The van der Waals surface area contributed by atoms with Crippen LogP contribution in [0.3, 0.4) is 0 Å².